The van der Waals surface area contributed by atoms with Gasteiger partial charge in [-0.1, -0.05) is 198 Å². The molecule has 0 unspecified atom stereocenters. The molecule has 2 aliphatic carbocycles. The van der Waals surface area contributed by atoms with E-state index in [2.05, 4.69) is 353 Å². The maximum atomic E-state index is 5.22. The molecule has 24 aromatic rings. The first-order valence-electron chi connectivity index (χ1n) is 39.8. The van der Waals surface area contributed by atoms with E-state index in [1.807, 2.05) is 12.4 Å². The number of rotatable bonds is 4. The Labute approximate surface area is 655 Å². The van der Waals surface area contributed by atoms with E-state index >= 15 is 0 Å². The Morgan fingerprint density at radius 3 is 0.939 bits per heavy atom. The van der Waals surface area contributed by atoms with Gasteiger partial charge in [0.25, 0.3) is 0 Å². The van der Waals surface area contributed by atoms with Crippen LogP contribution in [0.1, 0.15) is 72.5 Å². The number of aryl methyl sites for hydroxylation is 4. The van der Waals surface area contributed by atoms with E-state index in [1.54, 1.807) is 0 Å². The van der Waals surface area contributed by atoms with Crippen molar-refractivity contribution in [1.29, 1.82) is 0 Å². The SMILES string of the molecule is Cc1ccc2c(n1)c1c3ccc4cc5c(c6ccc(cc1n2-c1ccc2ccccc2c1)c3c46)c1nc(C)ccc1n5-c1ccc2ccccc2c1.Cc1cnc2c3c4ccc5cc6c(c7ccc(cc3n(-c3ccc8c(c3)C(C)(C)c3ccccc3-8)c2c1)c4c57)c1ncc(C)cc1n6-c1ccc2c(c1)C(C)(C)c1ccccc1-2. The number of aromatic nitrogens is 8. The highest BCUT2D eigenvalue weighted by atomic mass is 15.0. The minimum Gasteiger partial charge on any atom is -0.308 e. The molecule has 0 radical (unpaired) electrons. The van der Waals surface area contributed by atoms with Crippen molar-refractivity contribution < 1.29 is 0 Å². The van der Waals surface area contributed by atoms with Crippen LogP contribution < -0.4 is 0 Å². The van der Waals surface area contributed by atoms with E-state index in [1.165, 1.54) is 186 Å². The molecule has 0 fully saturated rings. The van der Waals surface area contributed by atoms with Gasteiger partial charge in [-0.3, -0.25) is 19.9 Å². The van der Waals surface area contributed by atoms with Gasteiger partial charge in [-0.2, -0.15) is 0 Å². The van der Waals surface area contributed by atoms with Crippen molar-refractivity contribution in [3.05, 3.63) is 336 Å². The monoisotopic (exact) mass is 1460 g/mol. The highest BCUT2D eigenvalue weighted by Gasteiger charge is 2.38. The first-order chi connectivity index (χ1) is 55.7. The smallest absolute Gasteiger partial charge is 0.0972 e. The Morgan fingerprint density at radius 2 is 0.544 bits per heavy atom. The molecule has 0 saturated carbocycles. The summed E-state index contributed by atoms with van der Waals surface area (Å²) >= 11 is 0. The lowest BCUT2D eigenvalue weighted by atomic mass is 9.82. The van der Waals surface area contributed by atoms with Gasteiger partial charge in [0.1, 0.15) is 0 Å². The van der Waals surface area contributed by atoms with Crippen LogP contribution >= 0.6 is 0 Å². The van der Waals surface area contributed by atoms with Crippen LogP contribution in [0.2, 0.25) is 0 Å². The molecule has 8 nitrogen and oxygen atoms in total. The highest BCUT2D eigenvalue weighted by Crippen LogP contribution is 2.54. The molecule has 536 valence electrons. The molecular weight excluding hydrogens is 1390 g/mol. The van der Waals surface area contributed by atoms with Crippen molar-refractivity contribution in [2.75, 3.05) is 0 Å². The minimum atomic E-state index is -0.101. The van der Waals surface area contributed by atoms with Gasteiger partial charge in [0.2, 0.25) is 0 Å². The van der Waals surface area contributed by atoms with Gasteiger partial charge >= 0.3 is 0 Å². The number of hydrogen-bond donors (Lipinski definition) is 0. The van der Waals surface area contributed by atoms with Gasteiger partial charge < -0.3 is 18.3 Å². The molecule has 2 aliphatic rings. The van der Waals surface area contributed by atoms with Crippen molar-refractivity contribution in [3.8, 4) is 45.0 Å². The molecule has 8 heteroatoms. The summed E-state index contributed by atoms with van der Waals surface area (Å²) in [6, 6.07) is 104. The van der Waals surface area contributed by atoms with Gasteiger partial charge in [-0.15, -0.1) is 0 Å². The maximum absolute atomic E-state index is 5.22. The number of hydrogen-bond acceptors (Lipinski definition) is 4. The van der Waals surface area contributed by atoms with E-state index in [4.69, 9.17) is 19.9 Å². The van der Waals surface area contributed by atoms with E-state index < -0.39 is 0 Å². The fourth-order valence-corrected chi connectivity index (χ4v) is 21.1. The van der Waals surface area contributed by atoms with Gasteiger partial charge in [0.15, 0.2) is 0 Å². The van der Waals surface area contributed by atoms with E-state index in [0.717, 1.165) is 78.0 Å². The molecule has 0 aliphatic heterocycles. The number of benzene rings is 16. The van der Waals surface area contributed by atoms with Gasteiger partial charge in [0, 0.05) is 78.9 Å². The first-order valence-corrected chi connectivity index (χ1v) is 39.8. The van der Waals surface area contributed by atoms with Crippen LogP contribution in [0.15, 0.2) is 291 Å². The normalized spacial score (nSPS) is 13.8. The van der Waals surface area contributed by atoms with Crippen LogP contribution in [0.5, 0.6) is 0 Å². The maximum Gasteiger partial charge on any atom is 0.0972 e. The average molecular weight is 1460 g/mol. The summed E-state index contributed by atoms with van der Waals surface area (Å²) < 4.78 is 9.74. The lowest BCUT2D eigenvalue weighted by Crippen LogP contribution is -2.15. The standard InChI is InChI=1S/C58H42N4.C48H30N4/c1-31-23-49-55(59-29-31)53-41-19-15-34-26-48-54(56-50(24-32(2)30-60-56)62(48)36-18-22-40-38-12-8-10-14-44(38)58(5,6)46(40)28-36)42-20-16-33(51(41)52(34)42)25-47(53)61(49)35-17-21-39-37-11-7-9-13-43(37)57(3,4)45(39)27-35;1-27-11-21-39-47(49-27)45-37-19-15-34-26-42-46(48-40(22-12-28(2)50-48)52(42)36-18-14-30-8-4-6-10-32(30)24-36)38-20-16-33(43(37)44(34)38)25-41(45)51(39)35-17-13-29-7-3-5-9-31(29)23-35/h7-30H,1-6H3;3-26H,1-2H3. The van der Waals surface area contributed by atoms with E-state index in [0.29, 0.717) is 0 Å². The molecular formula is C106H72N8. The van der Waals surface area contributed by atoms with Crippen molar-refractivity contribution >= 4 is 174 Å². The van der Waals surface area contributed by atoms with Gasteiger partial charge in [0.05, 0.1) is 66.2 Å². The van der Waals surface area contributed by atoms with Crippen LogP contribution in [0.3, 0.4) is 0 Å². The number of pyridine rings is 4. The van der Waals surface area contributed by atoms with Crippen LogP contribution in [-0.4, -0.2) is 38.2 Å². The second-order valence-corrected chi connectivity index (χ2v) is 33.5. The van der Waals surface area contributed by atoms with E-state index in [9.17, 15) is 0 Å². The topological polar surface area (TPSA) is 71.3 Å². The lowest BCUT2D eigenvalue weighted by Gasteiger charge is -2.22. The summed E-state index contributed by atoms with van der Waals surface area (Å²) in [5, 5.41) is 24.7. The Kier molecular flexibility index (Phi) is 12.5. The molecule has 114 heavy (non-hydrogen) atoms. The molecule has 0 bridgehead atoms. The van der Waals surface area contributed by atoms with Gasteiger partial charge in [-0.25, -0.2) is 0 Å². The van der Waals surface area contributed by atoms with Crippen LogP contribution in [0.4, 0.5) is 0 Å². The third-order valence-corrected chi connectivity index (χ3v) is 26.3. The number of nitrogens with zero attached hydrogens (tertiary/aromatic N) is 8. The number of fused-ring (bicyclic) bond motifs is 24. The van der Waals surface area contributed by atoms with Crippen LogP contribution in [0, 0.1) is 27.7 Å². The third-order valence-electron chi connectivity index (χ3n) is 26.3. The van der Waals surface area contributed by atoms with Crippen LogP contribution in [0.25, 0.3) is 219 Å². The van der Waals surface area contributed by atoms with Crippen molar-refractivity contribution in [3.63, 3.8) is 0 Å². The second kappa shape index (κ2) is 22.4. The zero-order valence-corrected chi connectivity index (χ0v) is 64.3. The molecule has 0 spiro atoms. The zero-order valence-electron chi connectivity index (χ0n) is 64.3. The summed E-state index contributed by atoms with van der Waals surface area (Å²) in [5.74, 6) is 0. The highest BCUT2D eigenvalue weighted by molar-refractivity contribution is 6.39. The van der Waals surface area contributed by atoms with E-state index in [-0.39, 0.29) is 10.8 Å². The summed E-state index contributed by atoms with van der Waals surface area (Å²) in [7, 11) is 0. The lowest BCUT2D eigenvalue weighted by molar-refractivity contribution is 0.660. The Balaban J connectivity index is 0.000000130. The first kappa shape index (κ1) is 63.7. The molecule has 26 rings (SSSR count). The second-order valence-electron chi connectivity index (χ2n) is 33.5. The molecule has 16 aromatic carbocycles. The summed E-state index contributed by atoms with van der Waals surface area (Å²) in [4.78, 5) is 20.9. The molecule has 0 amide bonds. The molecule has 0 saturated heterocycles. The summed E-state index contributed by atoms with van der Waals surface area (Å²) in [6.07, 6.45) is 4.05. The fourth-order valence-electron chi connectivity index (χ4n) is 21.1. The minimum absolute atomic E-state index is 0.101. The van der Waals surface area contributed by atoms with Crippen molar-refractivity contribution in [2.24, 2.45) is 0 Å². The summed E-state index contributed by atoms with van der Waals surface area (Å²) in [5.41, 5.74) is 32.9. The predicted octanol–water partition coefficient (Wildman–Crippen LogP) is 27.3. The molecule has 0 N–H and O–H groups in total. The average Bonchev–Trinajstić information content (AvgIpc) is 1.44. The van der Waals surface area contributed by atoms with Crippen molar-refractivity contribution in [2.45, 2.75) is 66.2 Å². The Bertz CT molecular complexity index is 7990. The fraction of sp³-hybridized carbons (Fsp3) is 0.0943. The van der Waals surface area contributed by atoms with Gasteiger partial charge in [-0.05, 0) is 279 Å². The Morgan fingerprint density at radius 1 is 0.228 bits per heavy atom. The largest absolute Gasteiger partial charge is 0.308 e. The van der Waals surface area contributed by atoms with Crippen molar-refractivity contribution in [1.82, 2.24) is 38.2 Å². The quantitative estimate of drug-likeness (QED) is 0.165. The molecule has 0 atom stereocenters. The molecule has 8 heterocycles. The predicted molar refractivity (Wildman–Crippen MR) is 478 cm³/mol. The van der Waals surface area contributed by atoms with Crippen LogP contribution in [-0.2, 0) is 10.8 Å². The Hall–Kier alpha value is -14.1. The molecule has 8 aromatic heterocycles. The zero-order chi connectivity index (χ0) is 75.8. The third kappa shape index (κ3) is 8.45. The summed E-state index contributed by atoms with van der Waals surface area (Å²) in [6.45, 7) is 17.9.